The monoisotopic (exact) mass is 278 g/mol. The molecule has 2 rings (SSSR count). The molecule has 1 heterocycles. The number of aliphatic hydroxyl groups is 1. The number of unbranched alkanes of at least 4 members (excludes halogenated alkanes) is 1. The first-order chi connectivity index (χ1) is 9.63. The molecule has 1 unspecified atom stereocenters. The van der Waals surface area contributed by atoms with Crippen LogP contribution in [0.4, 0.5) is 16.2 Å². The Morgan fingerprint density at radius 1 is 1.40 bits per heavy atom. The van der Waals surface area contributed by atoms with E-state index < -0.39 is 0 Å². The van der Waals surface area contributed by atoms with Gasteiger partial charge in [-0.2, -0.15) is 4.98 Å². The van der Waals surface area contributed by atoms with E-state index in [0.717, 1.165) is 19.3 Å². The third kappa shape index (κ3) is 3.33. The predicted molar refractivity (Wildman–Crippen MR) is 77.9 cm³/mol. The van der Waals surface area contributed by atoms with Gasteiger partial charge < -0.3 is 16.2 Å². The number of rotatable bonds is 6. The second kappa shape index (κ2) is 6.47. The first-order valence-electron chi connectivity index (χ1n) is 6.74. The minimum absolute atomic E-state index is 0.00654. The maximum atomic E-state index is 13.2. The molecule has 2 aromatic rings. The number of hydrogen-bond donors (Lipinski definition) is 3. The molecule has 108 valence electrons. The summed E-state index contributed by atoms with van der Waals surface area (Å²) in [6, 6.07) is 4.18. The van der Waals surface area contributed by atoms with Crippen molar-refractivity contribution in [3.8, 4) is 0 Å². The molecule has 4 N–H and O–H groups in total. The number of aliphatic hydroxyl groups excluding tert-OH is 1. The Balaban J connectivity index is 2.32. The lowest BCUT2D eigenvalue weighted by molar-refractivity contribution is 0.267. The molecule has 0 aliphatic rings. The van der Waals surface area contributed by atoms with Crippen molar-refractivity contribution in [2.24, 2.45) is 0 Å². The summed E-state index contributed by atoms with van der Waals surface area (Å²) in [6.07, 6.45) is 2.89. The number of anilines is 2. The Morgan fingerprint density at radius 2 is 2.20 bits per heavy atom. The predicted octanol–water partition coefficient (Wildman–Crippen LogP) is 2.31. The van der Waals surface area contributed by atoms with Gasteiger partial charge in [0.05, 0.1) is 18.2 Å². The zero-order chi connectivity index (χ0) is 14.5. The fourth-order valence-electron chi connectivity index (χ4n) is 2.08. The van der Waals surface area contributed by atoms with E-state index in [0.29, 0.717) is 16.7 Å². The average molecular weight is 278 g/mol. The molecule has 0 bridgehead atoms. The quantitative estimate of drug-likeness (QED) is 0.755. The van der Waals surface area contributed by atoms with Gasteiger partial charge in [-0.1, -0.05) is 19.8 Å². The van der Waals surface area contributed by atoms with Crippen LogP contribution in [0.3, 0.4) is 0 Å². The van der Waals surface area contributed by atoms with Crippen molar-refractivity contribution >= 4 is 22.7 Å². The van der Waals surface area contributed by atoms with Gasteiger partial charge in [-0.15, -0.1) is 0 Å². The molecule has 20 heavy (non-hydrogen) atoms. The van der Waals surface area contributed by atoms with Crippen molar-refractivity contribution in [1.82, 2.24) is 9.97 Å². The zero-order valence-corrected chi connectivity index (χ0v) is 11.4. The minimum atomic E-state index is -0.369. The number of aromatic nitrogens is 2. The highest BCUT2D eigenvalue weighted by molar-refractivity contribution is 5.90. The third-order valence-electron chi connectivity index (χ3n) is 3.14. The Hall–Kier alpha value is -1.95. The highest BCUT2D eigenvalue weighted by Crippen LogP contribution is 2.23. The van der Waals surface area contributed by atoms with Crippen LogP contribution in [0.5, 0.6) is 0 Å². The summed E-state index contributed by atoms with van der Waals surface area (Å²) in [5.74, 6) is 0.242. The SMILES string of the molecule is CCCCC(CO)Nc1nc(N)nc2cc(F)ccc12. The lowest BCUT2D eigenvalue weighted by Gasteiger charge is -2.18. The van der Waals surface area contributed by atoms with Crippen LogP contribution in [-0.4, -0.2) is 27.7 Å². The van der Waals surface area contributed by atoms with Crippen molar-refractivity contribution in [3.63, 3.8) is 0 Å². The Bertz CT molecular complexity index is 585. The van der Waals surface area contributed by atoms with Crippen molar-refractivity contribution in [2.75, 3.05) is 17.7 Å². The molecule has 0 fully saturated rings. The highest BCUT2D eigenvalue weighted by Gasteiger charge is 2.12. The van der Waals surface area contributed by atoms with Gasteiger partial charge in [0.15, 0.2) is 0 Å². The van der Waals surface area contributed by atoms with Crippen LogP contribution >= 0.6 is 0 Å². The summed E-state index contributed by atoms with van der Waals surface area (Å²) >= 11 is 0. The molecule has 1 atom stereocenters. The van der Waals surface area contributed by atoms with Gasteiger partial charge in [0, 0.05) is 11.5 Å². The fourth-order valence-corrected chi connectivity index (χ4v) is 2.08. The van der Waals surface area contributed by atoms with E-state index in [2.05, 4.69) is 22.2 Å². The standard InChI is InChI=1S/C14H19FN4O/c1-2-3-4-10(8-20)17-13-11-6-5-9(15)7-12(11)18-14(16)19-13/h5-7,10,20H,2-4,8H2,1H3,(H3,16,17,18,19). The van der Waals surface area contributed by atoms with Gasteiger partial charge in [0.2, 0.25) is 5.95 Å². The van der Waals surface area contributed by atoms with Gasteiger partial charge in [0.25, 0.3) is 0 Å². The molecular weight excluding hydrogens is 259 g/mol. The summed E-state index contributed by atoms with van der Waals surface area (Å²) in [5, 5.41) is 13.3. The maximum Gasteiger partial charge on any atom is 0.222 e. The van der Waals surface area contributed by atoms with Crippen LogP contribution in [0.1, 0.15) is 26.2 Å². The van der Waals surface area contributed by atoms with E-state index in [4.69, 9.17) is 5.73 Å². The maximum absolute atomic E-state index is 13.2. The molecule has 0 amide bonds. The molecule has 1 aromatic carbocycles. The highest BCUT2D eigenvalue weighted by atomic mass is 19.1. The molecule has 5 nitrogen and oxygen atoms in total. The number of nitrogens with two attached hydrogens (primary N) is 1. The van der Waals surface area contributed by atoms with Gasteiger partial charge >= 0.3 is 0 Å². The van der Waals surface area contributed by atoms with E-state index in [9.17, 15) is 9.50 Å². The van der Waals surface area contributed by atoms with Crippen LogP contribution in [0, 0.1) is 5.82 Å². The molecule has 0 radical (unpaired) electrons. The normalized spacial score (nSPS) is 12.6. The summed E-state index contributed by atoms with van der Waals surface area (Å²) in [4.78, 5) is 8.17. The summed E-state index contributed by atoms with van der Waals surface area (Å²) in [7, 11) is 0. The van der Waals surface area contributed by atoms with Crippen molar-refractivity contribution in [2.45, 2.75) is 32.2 Å². The van der Waals surface area contributed by atoms with E-state index in [-0.39, 0.29) is 24.4 Å². The van der Waals surface area contributed by atoms with Crippen LogP contribution in [-0.2, 0) is 0 Å². The summed E-state index contributed by atoms with van der Waals surface area (Å²) in [5.41, 5.74) is 6.10. The number of benzene rings is 1. The molecular formula is C14H19FN4O. The van der Waals surface area contributed by atoms with Crippen LogP contribution in [0.15, 0.2) is 18.2 Å². The molecule has 0 saturated heterocycles. The third-order valence-corrected chi connectivity index (χ3v) is 3.14. The number of fused-ring (bicyclic) bond motifs is 1. The molecule has 1 aromatic heterocycles. The second-order valence-corrected chi connectivity index (χ2v) is 4.76. The number of halogens is 1. The number of nitrogens with one attached hydrogen (secondary N) is 1. The van der Waals surface area contributed by atoms with Crippen molar-refractivity contribution < 1.29 is 9.50 Å². The van der Waals surface area contributed by atoms with Gasteiger partial charge in [0.1, 0.15) is 11.6 Å². The average Bonchev–Trinajstić information content (AvgIpc) is 2.42. The number of nitrogen functional groups attached to an aromatic ring is 1. The fraction of sp³-hybridized carbons (Fsp3) is 0.429. The van der Waals surface area contributed by atoms with Gasteiger partial charge in [-0.05, 0) is 18.6 Å². The number of nitrogens with zero attached hydrogens (tertiary/aromatic N) is 2. The van der Waals surface area contributed by atoms with Gasteiger partial charge in [-0.25, -0.2) is 9.37 Å². The molecule has 6 heteroatoms. The lowest BCUT2D eigenvalue weighted by atomic mass is 10.1. The summed E-state index contributed by atoms with van der Waals surface area (Å²) < 4.78 is 13.2. The molecule has 0 aliphatic heterocycles. The van der Waals surface area contributed by atoms with E-state index in [1.165, 1.54) is 12.1 Å². The molecule has 0 spiro atoms. The largest absolute Gasteiger partial charge is 0.394 e. The second-order valence-electron chi connectivity index (χ2n) is 4.76. The van der Waals surface area contributed by atoms with Crippen molar-refractivity contribution in [1.29, 1.82) is 0 Å². The minimum Gasteiger partial charge on any atom is -0.394 e. The summed E-state index contributed by atoms with van der Waals surface area (Å²) in [6.45, 7) is 2.10. The van der Waals surface area contributed by atoms with E-state index in [1.54, 1.807) is 6.07 Å². The molecule has 0 aliphatic carbocycles. The Kier molecular flexibility index (Phi) is 4.68. The first kappa shape index (κ1) is 14.5. The lowest BCUT2D eigenvalue weighted by Crippen LogP contribution is -2.24. The first-order valence-corrected chi connectivity index (χ1v) is 6.74. The number of hydrogen-bond acceptors (Lipinski definition) is 5. The van der Waals surface area contributed by atoms with Gasteiger partial charge in [-0.3, -0.25) is 0 Å². The van der Waals surface area contributed by atoms with Crippen LogP contribution in [0.2, 0.25) is 0 Å². The van der Waals surface area contributed by atoms with Crippen molar-refractivity contribution in [3.05, 3.63) is 24.0 Å². The van der Waals surface area contributed by atoms with Crippen LogP contribution < -0.4 is 11.1 Å². The topological polar surface area (TPSA) is 84.1 Å². The zero-order valence-electron chi connectivity index (χ0n) is 11.4. The van der Waals surface area contributed by atoms with E-state index in [1.807, 2.05) is 0 Å². The Morgan fingerprint density at radius 3 is 2.90 bits per heavy atom. The Labute approximate surface area is 117 Å². The molecule has 0 saturated carbocycles. The van der Waals surface area contributed by atoms with Crippen LogP contribution in [0.25, 0.3) is 10.9 Å². The smallest absolute Gasteiger partial charge is 0.222 e. The van der Waals surface area contributed by atoms with E-state index >= 15 is 0 Å².